The molecule has 3 N–H and O–H groups in total. The number of hydrogen-bond donors (Lipinski definition) is 2. The molecule has 0 aliphatic heterocycles. The Kier molecular flexibility index (Phi) is 2.76. The molecule has 0 fully saturated rings. The van der Waals surface area contributed by atoms with E-state index in [0.29, 0.717) is 21.8 Å². The number of rotatable bonds is 2. The van der Waals surface area contributed by atoms with Gasteiger partial charge in [-0.3, -0.25) is 4.79 Å². The number of hydrogen-bond acceptors (Lipinski definition) is 2. The van der Waals surface area contributed by atoms with Gasteiger partial charge in [-0.15, -0.1) is 0 Å². The Balaban J connectivity index is 2.15. The number of aromatic nitrogens is 1. The highest BCUT2D eigenvalue weighted by Gasteiger charge is 2.16. The molecule has 0 unspecified atom stereocenters. The zero-order valence-electron chi connectivity index (χ0n) is 9.98. The molecule has 0 amide bonds. The molecule has 0 bridgehead atoms. The van der Waals surface area contributed by atoms with Crippen LogP contribution in [0.3, 0.4) is 0 Å². The van der Waals surface area contributed by atoms with Gasteiger partial charge in [0.25, 0.3) is 0 Å². The summed E-state index contributed by atoms with van der Waals surface area (Å²) in [7, 11) is 0. The molecule has 1 heterocycles. The van der Waals surface area contributed by atoms with E-state index in [4.69, 9.17) is 17.3 Å². The van der Waals surface area contributed by atoms with Gasteiger partial charge < -0.3 is 10.7 Å². The summed E-state index contributed by atoms with van der Waals surface area (Å²) >= 11 is 5.92. The maximum atomic E-state index is 12.5. The van der Waals surface area contributed by atoms with Crippen LogP contribution in [-0.2, 0) is 0 Å². The van der Waals surface area contributed by atoms with E-state index in [-0.39, 0.29) is 5.78 Å². The molecule has 3 rings (SSSR count). The number of nitrogens with two attached hydrogens (primary N) is 1. The van der Waals surface area contributed by atoms with Crippen LogP contribution in [0.1, 0.15) is 15.9 Å². The number of fused-ring (bicyclic) bond motifs is 1. The number of para-hydroxylation sites is 1. The summed E-state index contributed by atoms with van der Waals surface area (Å²) in [6, 6.07) is 12.5. The predicted molar refractivity (Wildman–Crippen MR) is 77.6 cm³/mol. The van der Waals surface area contributed by atoms with Gasteiger partial charge in [-0.25, -0.2) is 0 Å². The highest BCUT2D eigenvalue weighted by Crippen LogP contribution is 2.25. The fourth-order valence-electron chi connectivity index (χ4n) is 2.14. The maximum absolute atomic E-state index is 12.5. The smallest absolute Gasteiger partial charge is 0.197 e. The first kappa shape index (κ1) is 11.8. The van der Waals surface area contributed by atoms with Crippen molar-refractivity contribution in [1.82, 2.24) is 4.98 Å². The molecule has 2 aromatic carbocycles. The van der Waals surface area contributed by atoms with Gasteiger partial charge in [0.05, 0.1) is 0 Å². The molecule has 3 aromatic rings. The zero-order valence-corrected chi connectivity index (χ0v) is 10.7. The minimum absolute atomic E-state index is 0.0910. The standard InChI is InChI=1S/C15H11ClN2O/c16-9-5-6-10-12(8-18-14(10)7-9)15(19)11-3-1-2-4-13(11)17/h1-8,18H,17H2. The first-order valence-corrected chi connectivity index (χ1v) is 6.20. The van der Waals surface area contributed by atoms with Gasteiger partial charge in [-0.2, -0.15) is 0 Å². The van der Waals surface area contributed by atoms with E-state index in [9.17, 15) is 4.79 Å². The average molecular weight is 271 g/mol. The van der Waals surface area contributed by atoms with Gasteiger partial charge in [0, 0.05) is 38.9 Å². The Morgan fingerprint density at radius 3 is 2.68 bits per heavy atom. The summed E-state index contributed by atoms with van der Waals surface area (Å²) in [5, 5.41) is 1.48. The minimum Gasteiger partial charge on any atom is -0.398 e. The van der Waals surface area contributed by atoms with Crippen LogP contribution in [0.15, 0.2) is 48.7 Å². The lowest BCUT2D eigenvalue weighted by Gasteiger charge is -2.03. The molecule has 19 heavy (non-hydrogen) atoms. The maximum Gasteiger partial charge on any atom is 0.197 e. The number of nitrogens with one attached hydrogen (secondary N) is 1. The van der Waals surface area contributed by atoms with E-state index >= 15 is 0 Å². The summed E-state index contributed by atoms with van der Waals surface area (Å²) in [4.78, 5) is 15.5. The van der Waals surface area contributed by atoms with Gasteiger partial charge in [0.15, 0.2) is 5.78 Å². The van der Waals surface area contributed by atoms with E-state index in [1.807, 2.05) is 6.07 Å². The van der Waals surface area contributed by atoms with Crippen molar-refractivity contribution in [2.24, 2.45) is 0 Å². The van der Waals surface area contributed by atoms with Crippen LogP contribution in [0.4, 0.5) is 5.69 Å². The molecule has 1 aromatic heterocycles. The predicted octanol–water partition coefficient (Wildman–Crippen LogP) is 3.63. The van der Waals surface area contributed by atoms with Crippen LogP contribution < -0.4 is 5.73 Å². The van der Waals surface area contributed by atoms with Crippen molar-refractivity contribution in [2.75, 3.05) is 5.73 Å². The zero-order chi connectivity index (χ0) is 13.4. The molecule has 4 heteroatoms. The second kappa shape index (κ2) is 4.44. The van der Waals surface area contributed by atoms with E-state index in [1.165, 1.54) is 0 Å². The SMILES string of the molecule is Nc1ccccc1C(=O)c1c[nH]c2cc(Cl)ccc12. The van der Waals surface area contributed by atoms with Crippen molar-refractivity contribution in [3.8, 4) is 0 Å². The fraction of sp³-hybridized carbons (Fsp3) is 0. The number of nitrogen functional groups attached to an aromatic ring is 1. The molecule has 0 aliphatic rings. The number of halogens is 1. The van der Waals surface area contributed by atoms with Crippen LogP contribution in [0.2, 0.25) is 5.02 Å². The monoisotopic (exact) mass is 270 g/mol. The lowest BCUT2D eigenvalue weighted by atomic mass is 10.0. The Labute approximate surface area is 115 Å². The minimum atomic E-state index is -0.0910. The highest BCUT2D eigenvalue weighted by molar-refractivity contribution is 6.31. The third kappa shape index (κ3) is 1.98. The summed E-state index contributed by atoms with van der Waals surface area (Å²) in [6.45, 7) is 0. The number of H-pyrrole nitrogens is 1. The molecule has 94 valence electrons. The van der Waals surface area contributed by atoms with E-state index in [1.54, 1.807) is 42.6 Å². The second-order valence-corrected chi connectivity index (χ2v) is 4.75. The first-order chi connectivity index (χ1) is 9.16. The number of carbonyl (C=O) groups is 1. The fourth-order valence-corrected chi connectivity index (χ4v) is 2.31. The topological polar surface area (TPSA) is 58.9 Å². The largest absolute Gasteiger partial charge is 0.398 e. The van der Waals surface area contributed by atoms with Crippen LogP contribution in [-0.4, -0.2) is 10.8 Å². The molecular formula is C15H11ClN2O. The Hall–Kier alpha value is -2.26. The Morgan fingerprint density at radius 2 is 1.89 bits per heavy atom. The number of anilines is 1. The van der Waals surface area contributed by atoms with Crippen molar-refractivity contribution in [2.45, 2.75) is 0 Å². The molecular weight excluding hydrogens is 260 g/mol. The van der Waals surface area contributed by atoms with E-state index in [0.717, 1.165) is 10.9 Å². The van der Waals surface area contributed by atoms with Crippen molar-refractivity contribution in [3.63, 3.8) is 0 Å². The molecule has 0 atom stereocenters. The van der Waals surface area contributed by atoms with Crippen LogP contribution >= 0.6 is 11.6 Å². The van der Waals surface area contributed by atoms with Crippen molar-refractivity contribution < 1.29 is 4.79 Å². The number of aromatic amines is 1. The molecule has 3 nitrogen and oxygen atoms in total. The quantitative estimate of drug-likeness (QED) is 0.552. The van der Waals surface area contributed by atoms with Crippen LogP contribution in [0.25, 0.3) is 10.9 Å². The first-order valence-electron chi connectivity index (χ1n) is 5.82. The van der Waals surface area contributed by atoms with Gasteiger partial charge in [-0.1, -0.05) is 29.8 Å². The van der Waals surface area contributed by atoms with Gasteiger partial charge in [0.1, 0.15) is 0 Å². The molecule has 0 saturated heterocycles. The summed E-state index contributed by atoms with van der Waals surface area (Å²) < 4.78 is 0. The number of carbonyl (C=O) groups excluding carboxylic acids is 1. The highest BCUT2D eigenvalue weighted by atomic mass is 35.5. The van der Waals surface area contributed by atoms with Crippen LogP contribution in [0.5, 0.6) is 0 Å². The third-order valence-electron chi connectivity index (χ3n) is 3.09. The average Bonchev–Trinajstić information content (AvgIpc) is 2.81. The van der Waals surface area contributed by atoms with Crippen molar-refractivity contribution in [3.05, 3.63) is 64.8 Å². The normalized spacial score (nSPS) is 10.8. The van der Waals surface area contributed by atoms with Gasteiger partial charge in [-0.05, 0) is 24.3 Å². The Bertz CT molecular complexity index is 777. The summed E-state index contributed by atoms with van der Waals surface area (Å²) in [5.41, 5.74) is 8.28. The van der Waals surface area contributed by atoms with E-state index < -0.39 is 0 Å². The lowest BCUT2D eigenvalue weighted by molar-refractivity contribution is 0.104. The van der Waals surface area contributed by atoms with Crippen molar-refractivity contribution in [1.29, 1.82) is 0 Å². The van der Waals surface area contributed by atoms with Gasteiger partial charge >= 0.3 is 0 Å². The molecule has 0 aliphatic carbocycles. The molecule has 0 saturated carbocycles. The molecule has 0 radical (unpaired) electrons. The van der Waals surface area contributed by atoms with Crippen molar-refractivity contribution >= 4 is 34.0 Å². The Morgan fingerprint density at radius 1 is 1.11 bits per heavy atom. The molecule has 0 spiro atoms. The summed E-state index contributed by atoms with van der Waals surface area (Å²) in [6.07, 6.45) is 1.69. The van der Waals surface area contributed by atoms with Gasteiger partial charge in [0.2, 0.25) is 0 Å². The van der Waals surface area contributed by atoms with Crippen LogP contribution in [0, 0.1) is 0 Å². The number of benzene rings is 2. The van der Waals surface area contributed by atoms with E-state index in [2.05, 4.69) is 4.98 Å². The second-order valence-electron chi connectivity index (χ2n) is 4.31. The number of ketones is 1. The lowest BCUT2D eigenvalue weighted by Crippen LogP contribution is -2.04. The third-order valence-corrected chi connectivity index (χ3v) is 3.33. The summed E-state index contributed by atoms with van der Waals surface area (Å²) in [5.74, 6) is -0.0910.